The van der Waals surface area contributed by atoms with Gasteiger partial charge in [0.1, 0.15) is 5.82 Å². The fourth-order valence-electron chi connectivity index (χ4n) is 1.83. The third-order valence-corrected chi connectivity index (χ3v) is 2.94. The Hall–Kier alpha value is -2.30. The first-order valence-electron chi connectivity index (χ1n) is 6.67. The van der Waals surface area contributed by atoms with Gasteiger partial charge in [0.05, 0.1) is 6.54 Å². The van der Waals surface area contributed by atoms with Crippen LogP contribution in [-0.2, 0) is 13.6 Å². The van der Waals surface area contributed by atoms with Crippen LogP contribution in [0.1, 0.15) is 30.0 Å². The highest BCUT2D eigenvalue weighted by Crippen LogP contribution is 2.11. The van der Waals surface area contributed by atoms with Crippen LogP contribution in [0.5, 0.6) is 0 Å². The van der Waals surface area contributed by atoms with Gasteiger partial charge in [-0.3, -0.25) is 4.79 Å². The van der Waals surface area contributed by atoms with E-state index in [0.717, 1.165) is 11.5 Å². The lowest BCUT2D eigenvalue weighted by Gasteiger charge is -2.10. The monoisotopic (exact) mass is 272 g/mol. The average molecular weight is 272 g/mol. The molecule has 1 aromatic heterocycles. The van der Waals surface area contributed by atoms with Gasteiger partial charge in [-0.05, 0) is 38.1 Å². The summed E-state index contributed by atoms with van der Waals surface area (Å²) in [7, 11) is 1.96. The van der Waals surface area contributed by atoms with Crippen molar-refractivity contribution >= 4 is 11.6 Å². The molecular weight excluding hydrogens is 252 g/mol. The number of benzene rings is 1. The fourth-order valence-corrected chi connectivity index (χ4v) is 1.83. The van der Waals surface area contributed by atoms with Crippen LogP contribution in [0.3, 0.4) is 0 Å². The van der Waals surface area contributed by atoms with E-state index in [2.05, 4.69) is 15.6 Å². The number of imidazole rings is 1. The van der Waals surface area contributed by atoms with Crippen molar-refractivity contribution in [3.8, 4) is 0 Å². The molecule has 106 valence electrons. The molecule has 2 N–H and O–H groups in total. The van der Waals surface area contributed by atoms with Gasteiger partial charge in [0, 0.05) is 36.7 Å². The number of nitrogens with zero attached hydrogens (tertiary/aromatic N) is 2. The maximum Gasteiger partial charge on any atom is 0.251 e. The topological polar surface area (TPSA) is 59.0 Å². The van der Waals surface area contributed by atoms with Crippen molar-refractivity contribution in [2.75, 3.05) is 5.32 Å². The zero-order chi connectivity index (χ0) is 14.5. The van der Waals surface area contributed by atoms with Gasteiger partial charge in [0.15, 0.2) is 0 Å². The molecule has 1 aromatic carbocycles. The van der Waals surface area contributed by atoms with Crippen LogP contribution in [0.25, 0.3) is 0 Å². The Bertz CT molecular complexity index is 572. The van der Waals surface area contributed by atoms with E-state index in [1.165, 1.54) is 0 Å². The summed E-state index contributed by atoms with van der Waals surface area (Å²) in [5, 5.41) is 6.15. The van der Waals surface area contributed by atoms with E-state index in [1.807, 2.05) is 55.9 Å². The molecule has 0 saturated carbocycles. The molecule has 0 fully saturated rings. The van der Waals surface area contributed by atoms with Gasteiger partial charge in [-0.2, -0.15) is 0 Å². The number of amides is 1. The van der Waals surface area contributed by atoms with E-state index in [4.69, 9.17) is 0 Å². The van der Waals surface area contributed by atoms with Crippen molar-refractivity contribution in [1.82, 2.24) is 14.9 Å². The first-order chi connectivity index (χ1) is 9.56. The average Bonchev–Trinajstić information content (AvgIpc) is 2.82. The Morgan fingerprint density at radius 1 is 1.30 bits per heavy atom. The summed E-state index contributed by atoms with van der Waals surface area (Å²) in [5.41, 5.74) is 1.63. The van der Waals surface area contributed by atoms with Crippen LogP contribution in [-0.4, -0.2) is 21.5 Å². The Balaban J connectivity index is 1.95. The van der Waals surface area contributed by atoms with Gasteiger partial charge < -0.3 is 15.2 Å². The Labute approximate surface area is 119 Å². The molecule has 2 aromatic rings. The molecule has 0 aliphatic rings. The predicted molar refractivity (Wildman–Crippen MR) is 79.6 cm³/mol. The van der Waals surface area contributed by atoms with Crippen molar-refractivity contribution in [3.63, 3.8) is 0 Å². The molecule has 0 aliphatic heterocycles. The zero-order valence-corrected chi connectivity index (χ0v) is 12.1. The molecule has 0 unspecified atom stereocenters. The summed E-state index contributed by atoms with van der Waals surface area (Å²) >= 11 is 0. The summed E-state index contributed by atoms with van der Waals surface area (Å²) in [5.74, 6) is 0.919. The van der Waals surface area contributed by atoms with E-state index in [0.29, 0.717) is 12.1 Å². The molecule has 0 aliphatic carbocycles. The number of nitrogens with one attached hydrogen (secondary N) is 2. The molecule has 5 heteroatoms. The second-order valence-electron chi connectivity index (χ2n) is 5.01. The Morgan fingerprint density at radius 3 is 2.55 bits per heavy atom. The highest BCUT2D eigenvalue weighted by molar-refractivity contribution is 5.94. The maximum absolute atomic E-state index is 11.8. The second kappa shape index (κ2) is 6.23. The molecule has 0 spiro atoms. The summed E-state index contributed by atoms with van der Waals surface area (Å²) in [6, 6.07) is 7.58. The lowest BCUT2D eigenvalue weighted by atomic mass is 10.2. The summed E-state index contributed by atoms with van der Waals surface area (Å²) < 4.78 is 1.97. The lowest BCUT2D eigenvalue weighted by molar-refractivity contribution is 0.0943. The smallest absolute Gasteiger partial charge is 0.251 e. The number of aryl methyl sites for hydroxylation is 1. The number of hydrogen-bond acceptors (Lipinski definition) is 3. The first-order valence-corrected chi connectivity index (χ1v) is 6.67. The van der Waals surface area contributed by atoms with E-state index >= 15 is 0 Å². The van der Waals surface area contributed by atoms with Crippen molar-refractivity contribution in [1.29, 1.82) is 0 Å². The highest BCUT2D eigenvalue weighted by atomic mass is 16.1. The molecule has 20 heavy (non-hydrogen) atoms. The quantitative estimate of drug-likeness (QED) is 0.877. The largest absolute Gasteiger partial charge is 0.378 e. The van der Waals surface area contributed by atoms with Crippen LogP contribution < -0.4 is 10.6 Å². The molecule has 2 rings (SSSR count). The fraction of sp³-hybridized carbons (Fsp3) is 0.333. The third-order valence-electron chi connectivity index (χ3n) is 2.94. The van der Waals surface area contributed by atoms with Gasteiger partial charge in [0.25, 0.3) is 5.91 Å². The normalized spacial score (nSPS) is 10.6. The van der Waals surface area contributed by atoms with Crippen LogP contribution in [0.4, 0.5) is 5.69 Å². The molecule has 0 atom stereocenters. The number of carbonyl (C=O) groups is 1. The standard InChI is InChI=1S/C15H20N4O/c1-11(2)18-15(20)12-4-6-13(7-5-12)17-10-14-16-8-9-19(14)3/h4-9,11,17H,10H2,1-3H3,(H,18,20). The van der Waals surface area contributed by atoms with Crippen LogP contribution in [0.15, 0.2) is 36.7 Å². The minimum absolute atomic E-state index is 0.0457. The van der Waals surface area contributed by atoms with Crippen molar-refractivity contribution in [2.45, 2.75) is 26.4 Å². The van der Waals surface area contributed by atoms with E-state index in [1.54, 1.807) is 6.20 Å². The number of rotatable bonds is 5. The van der Waals surface area contributed by atoms with E-state index < -0.39 is 0 Å². The van der Waals surface area contributed by atoms with Crippen molar-refractivity contribution in [3.05, 3.63) is 48.0 Å². The zero-order valence-electron chi connectivity index (χ0n) is 12.1. The lowest BCUT2D eigenvalue weighted by Crippen LogP contribution is -2.29. The van der Waals surface area contributed by atoms with Gasteiger partial charge in [0.2, 0.25) is 0 Å². The van der Waals surface area contributed by atoms with Crippen molar-refractivity contribution < 1.29 is 4.79 Å². The van der Waals surface area contributed by atoms with Crippen LogP contribution >= 0.6 is 0 Å². The van der Waals surface area contributed by atoms with Crippen LogP contribution in [0.2, 0.25) is 0 Å². The van der Waals surface area contributed by atoms with Crippen molar-refractivity contribution in [2.24, 2.45) is 7.05 Å². The first kappa shape index (κ1) is 14.1. The maximum atomic E-state index is 11.8. The highest BCUT2D eigenvalue weighted by Gasteiger charge is 2.06. The van der Waals surface area contributed by atoms with Gasteiger partial charge >= 0.3 is 0 Å². The van der Waals surface area contributed by atoms with E-state index in [-0.39, 0.29) is 11.9 Å². The number of carbonyl (C=O) groups excluding carboxylic acids is 1. The molecule has 5 nitrogen and oxygen atoms in total. The van der Waals surface area contributed by atoms with E-state index in [9.17, 15) is 4.79 Å². The molecule has 0 bridgehead atoms. The molecule has 1 amide bonds. The summed E-state index contributed by atoms with van der Waals surface area (Å²) in [6.45, 7) is 4.54. The molecular formula is C15H20N4O. The number of aromatic nitrogens is 2. The minimum Gasteiger partial charge on any atom is -0.378 e. The number of hydrogen-bond donors (Lipinski definition) is 2. The number of anilines is 1. The van der Waals surface area contributed by atoms with Gasteiger partial charge in [-0.25, -0.2) is 4.98 Å². The third kappa shape index (κ3) is 3.60. The molecule has 0 radical (unpaired) electrons. The molecule has 0 saturated heterocycles. The SMILES string of the molecule is CC(C)NC(=O)c1ccc(NCc2nccn2C)cc1. The predicted octanol–water partition coefficient (Wildman–Crippen LogP) is 2.17. The molecule has 1 heterocycles. The van der Waals surface area contributed by atoms with Gasteiger partial charge in [-0.1, -0.05) is 0 Å². The Kier molecular flexibility index (Phi) is 4.40. The minimum atomic E-state index is -0.0457. The Morgan fingerprint density at radius 2 is 2.00 bits per heavy atom. The summed E-state index contributed by atoms with van der Waals surface area (Å²) in [4.78, 5) is 16.1. The summed E-state index contributed by atoms with van der Waals surface area (Å²) in [6.07, 6.45) is 3.69. The van der Waals surface area contributed by atoms with Crippen LogP contribution in [0, 0.1) is 0 Å². The second-order valence-corrected chi connectivity index (χ2v) is 5.01. The van der Waals surface area contributed by atoms with Gasteiger partial charge in [-0.15, -0.1) is 0 Å².